The zero-order valence-electron chi connectivity index (χ0n) is 21.4. The van der Waals surface area contributed by atoms with Crippen molar-refractivity contribution in [2.24, 2.45) is 0 Å². The Labute approximate surface area is 226 Å². The molecule has 0 heterocycles. The van der Waals surface area contributed by atoms with Crippen LogP contribution >= 0.6 is 0 Å². The summed E-state index contributed by atoms with van der Waals surface area (Å²) in [5, 5.41) is 13.6. The van der Waals surface area contributed by atoms with E-state index in [1.807, 2.05) is 37.3 Å². The zero-order valence-corrected chi connectivity index (χ0v) is 22.2. The molecule has 0 spiro atoms. The Kier molecular flexibility index (Phi) is 8.26. The molecule has 4 rings (SSSR count). The van der Waals surface area contributed by atoms with E-state index in [4.69, 9.17) is 4.74 Å². The summed E-state index contributed by atoms with van der Waals surface area (Å²) < 4.78 is 34.1. The number of hydrogen-bond acceptors (Lipinski definition) is 6. The van der Waals surface area contributed by atoms with Gasteiger partial charge >= 0.3 is 0 Å². The number of aryl methyl sites for hydroxylation is 2. The van der Waals surface area contributed by atoms with Crippen LogP contribution in [0.4, 0.5) is 17.1 Å². The summed E-state index contributed by atoms with van der Waals surface area (Å²) >= 11 is 0. The van der Waals surface area contributed by atoms with Crippen molar-refractivity contribution in [3.05, 3.63) is 124 Å². The van der Waals surface area contributed by atoms with Gasteiger partial charge in [-0.05, 0) is 61.4 Å². The molecule has 39 heavy (non-hydrogen) atoms. The molecule has 0 aliphatic rings. The summed E-state index contributed by atoms with van der Waals surface area (Å²) in [4.78, 5) is 23.1. The van der Waals surface area contributed by atoms with Crippen LogP contribution in [0.1, 0.15) is 16.7 Å². The van der Waals surface area contributed by atoms with Crippen molar-refractivity contribution in [2.45, 2.75) is 25.3 Å². The number of amides is 1. The quantitative estimate of drug-likeness (QED) is 0.204. The van der Waals surface area contributed by atoms with Gasteiger partial charge in [-0.2, -0.15) is 0 Å². The number of rotatable bonds is 10. The molecule has 4 aromatic carbocycles. The van der Waals surface area contributed by atoms with Crippen molar-refractivity contribution >= 4 is 33.0 Å². The zero-order chi connectivity index (χ0) is 28.0. The van der Waals surface area contributed by atoms with Gasteiger partial charge < -0.3 is 10.1 Å². The van der Waals surface area contributed by atoms with Crippen LogP contribution in [-0.2, 0) is 21.4 Å². The van der Waals surface area contributed by atoms with E-state index in [2.05, 4.69) is 5.32 Å². The van der Waals surface area contributed by atoms with Gasteiger partial charge in [0.1, 0.15) is 5.75 Å². The molecule has 0 radical (unpaired) electrons. The van der Waals surface area contributed by atoms with Crippen LogP contribution in [0.5, 0.6) is 5.75 Å². The minimum Gasteiger partial charge on any atom is -0.484 e. The number of ether oxygens (including phenoxy) is 1. The van der Waals surface area contributed by atoms with E-state index in [1.165, 1.54) is 16.4 Å². The first-order valence-corrected chi connectivity index (χ1v) is 13.5. The predicted octanol–water partition coefficient (Wildman–Crippen LogP) is 5.62. The van der Waals surface area contributed by atoms with Crippen molar-refractivity contribution in [3.63, 3.8) is 0 Å². The van der Waals surface area contributed by atoms with Crippen LogP contribution in [0.25, 0.3) is 0 Å². The van der Waals surface area contributed by atoms with Crippen LogP contribution in [0, 0.1) is 24.0 Å². The van der Waals surface area contributed by atoms with Crippen molar-refractivity contribution in [1.82, 2.24) is 0 Å². The number of non-ortho nitro benzene ring substituents is 1. The van der Waals surface area contributed by atoms with E-state index in [1.54, 1.807) is 61.5 Å². The number of nitro benzene ring substituents is 1. The molecule has 9 nitrogen and oxygen atoms in total. The maximum atomic E-state index is 13.6. The molecule has 0 aliphatic heterocycles. The number of benzene rings is 4. The van der Waals surface area contributed by atoms with E-state index in [-0.39, 0.29) is 23.7 Å². The normalized spacial score (nSPS) is 11.0. The third kappa shape index (κ3) is 6.79. The van der Waals surface area contributed by atoms with E-state index < -0.39 is 20.9 Å². The number of carbonyl (C=O) groups is 1. The summed E-state index contributed by atoms with van der Waals surface area (Å²) in [6, 6.07) is 26.6. The van der Waals surface area contributed by atoms with Crippen molar-refractivity contribution < 1.29 is 22.9 Å². The number of nitrogens with one attached hydrogen (secondary N) is 1. The van der Waals surface area contributed by atoms with E-state index >= 15 is 0 Å². The monoisotopic (exact) mass is 545 g/mol. The Morgan fingerprint density at radius 2 is 1.59 bits per heavy atom. The molecule has 0 fully saturated rings. The lowest BCUT2D eigenvalue weighted by atomic mass is 10.2. The molecule has 0 aromatic heterocycles. The number of anilines is 2. The van der Waals surface area contributed by atoms with Crippen molar-refractivity contribution in [3.8, 4) is 5.75 Å². The van der Waals surface area contributed by atoms with Crippen molar-refractivity contribution in [2.75, 3.05) is 16.2 Å². The summed E-state index contributed by atoms with van der Waals surface area (Å²) in [6.07, 6.45) is 0. The van der Waals surface area contributed by atoms with Gasteiger partial charge in [0.05, 0.1) is 27.7 Å². The fraction of sp³-hybridized carbons (Fsp3) is 0.138. The van der Waals surface area contributed by atoms with Gasteiger partial charge in [-0.25, -0.2) is 8.42 Å². The first-order valence-electron chi connectivity index (χ1n) is 12.0. The smallest absolute Gasteiger partial charge is 0.271 e. The van der Waals surface area contributed by atoms with Crippen LogP contribution in [-0.4, -0.2) is 25.9 Å². The van der Waals surface area contributed by atoms with Crippen molar-refractivity contribution in [1.29, 1.82) is 0 Å². The highest BCUT2D eigenvalue weighted by molar-refractivity contribution is 7.92. The topological polar surface area (TPSA) is 119 Å². The summed E-state index contributed by atoms with van der Waals surface area (Å²) in [5.41, 5.74) is 3.07. The maximum Gasteiger partial charge on any atom is 0.271 e. The highest BCUT2D eigenvalue weighted by atomic mass is 32.2. The van der Waals surface area contributed by atoms with Gasteiger partial charge in [0.25, 0.3) is 21.6 Å². The van der Waals surface area contributed by atoms with Crippen LogP contribution in [0.15, 0.2) is 102 Å². The lowest BCUT2D eigenvalue weighted by Crippen LogP contribution is -2.30. The maximum absolute atomic E-state index is 13.6. The molecule has 4 aromatic rings. The summed E-state index contributed by atoms with van der Waals surface area (Å²) in [5.74, 6) is -0.132. The molecule has 0 bridgehead atoms. The number of hydrogen-bond donors (Lipinski definition) is 1. The first-order chi connectivity index (χ1) is 18.6. The number of sulfonamides is 1. The lowest BCUT2D eigenvalue weighted by Gasteiger charge is -2.25. The Balaban J connectivity index is 1.50. The van der Waals surface area contributed by atoms with Gasteiger partial charge in [-0.3, -0.25) is 19.2 Å². The molecule has 0 unspecified atom stereocenters. The van der Waals surface area contributed by atoms with Gasteiger partial charge in [-0.1, -0.05) is 54.1 Å². The third-order valence-corrected chi connectivity index (χ3v) is 7.77. The fourth-order valence-corrected chi connectivity index (χ4v) is 5.26. The average molecular weight is 546 g/mol. The fourth-order valence-electron chi connectivity index (χ4n) is 3.80. The molecular weight excluding hydrogens is 518 g/mol. The Morgan fingerprint density at radius 1 is 0.923 bits per heavy atom. The Morgan fingerprint density at radius 3 is 2.23 bits per heavy atom. The second kappa shape index (κ2) is 11.8. The molecule has 0 saturated carbocycles. The van der Waals surface area contributed by atoms with Crippen LogP contribution in [0.2, 0.25) is 0 Å². The second-order valence-electron chi connectivity index (χ2n) is 8.90. The minimum absolute atomic E-state index is 0.127. The molecular formula is C29H27N3O6S. The Hall–Kier alpha value is -4.70. The molecule has 0 aliphatic carbocycles. The molecule has 0 saturated heterocycles. The summed E-state index contributed by atoms with van der Waals surface area (Å²) in [7, 11) is -3.88. The van der Waals surface area contributed by atoms with Crippen LogP contribution in [0.3, 0.4) is 0 Å². The minimum atomic E-state index is -3.88. The van der Waals surface area contributed by atoms with Gasteiger partial charge in [-0.15, -0.1) is 0 Å². The highest BCUT2D eigenvalue weighted by Crippen LogP contribution is 2.28. The predicted molar refractivity (Wildman–Crippen MR) is 149 cm³/mol. The van der Waals surface area contributed by atoms with E-state index in [9.17, 15) is 23.3 Å². The first kappa shape index (κ1) is 27.3. The lowest BCUT2D eigenvalue weighted by molar-refractivity contribution is -0.384. The van der Waals surface area contributed by atoms with Gasteiger partial charge in [0.15, 0.2) is 6.61 Å². The third-order valence-electron chi connectivity index (χ3n) is 5.98. The molecule has 1 amide bonds. The number of carbonyl (C=O) groups excluding carboxylic acids is 1. The highest BCUT2D eigenvalue weighted by Gasteiger charge is 2.25. The molecule has 10 heteroatoms. The standard InChI is InChI=1S/C29H27N3O6S/c1-21-8-16-27(17-9-21)39(36,37)31(19-23-6-4-3-5-7-23)24-12-14-26(15-13-24)38-20-29(33)30-28-18-25(32(34)35)11-10-22(28)2/h3-18H,19-20H2,1-2H3,(H,30,33). The Bertz CT molecular complexity index is 1570. The van der Waals surface area contributed by atoms with E-state index in [0.717, 1.165) is 11.1 Å². The van der Waals surface area contributed by atoms with Gasteiger partial charge in [0, 0.05) is 12.1 Å². The molecule has 0 atom stereocenters. The SMILES string of the molecule is Cc1ccc(S(=O)(=O)N(Cc2ccccc2)c2ccc(OCC(=O)Nc3cc([N+](=O)[O-])ccc3C)cc2)cc1. The van der Waals surface area contributed by atoms with Crippen LogP contribution < -0.4 is 14.4 Å². The van der Waals surface area contributed by atoms with Gasteiger partial charge in [0.2, 0.25) is 0 Å². The number of nitro groups is 1. The molecule has 1 N–H and O–H groups in total. The molecule has 200 valence electrons. The van der Waals surface area contributed by atoms with E-state index in [0.29, 0.717) is 22.7 Å². The largest absolute Gasteiger partial charge is 0.484 e. The number of nitrogens with zero attached hydrogens (tertiary/aromatic N) is 2. The second-order valence-corrected chi connectivity index (χ2v) is 10.8. The summed E-state index contributed by atoms with van der Waals surface area (Å²) in [6.45, 7) is 3.41. The average Bonchev–Trinajstić information content (AvgIpc) is 2.93.